The van der Waals surface area contributed by atoms with Crippen molar-refractivity contribution in [1.29, 1.82) is 0 Å². The SMILES string of the molecule is CCOc1cccc(C(=O)NCCCn2cc(Cl)ccc2=O)c1. The summed E-state index contributed by atoms with van der Waals surface area (Å²) >= 11 is 5.86. The van der Waals surface area contributed by atoms with Gasteiger partial charge < -0.3 is 14.6 Å². The quantitative estimate of drug-likeness (QED) is 0.792. The third-order valence-corrected chi connectivity index (χ3v) is 3.44. The van der Waals surface area contributed by atoms with Crippen molar-refractivity contribution in [1.82, 2.24) is 9.88 Å². The minimum absolute atomic E-state index is 0.106. The van der Waals surface area contributed by atoms with Gasteiger partial charge in [0.25, 0.3) is 11.5 Å². The Morgan fingerprint density at radius 1 is 1.30 bits per heavy atom. The lowest BCUT2D eigenvalue weighted by atomic mass is 10.2. The normalized spacial score (nSPS) is 10.3. The molecule has 5 nitrogen and oxygen atoms in total. The molecule has 1 aromatic heterocycles. The molecule has 1 aromatic carbocycles. The summed E-state index contributed by atoms with van der Waals surface area (Å²) in [5.74, 6) is 0.510. The first kappa shape index (κ1) is 17.1. The average Bonchev–Trinajstić information content (AvgIpc) is 2.55. The van der Waals surface area contributed by atoms with Crippen LogP contribution in [0.25, 0.3) is 0 Å². The third-order valence-electron chi connectivity index (χ3n) is 3.22. The summed E-state index contributed by atoms with van der Waals surface area (Å²) in [5.41, 5.74) is 0.445. The van der Waals surface area contributed by atoms with E-state index in [0.717, 1.165) is 0 Å². The molecule has 23 heavy (non-hydrogen) atoms. The van der Waals surface area contributed by atoms with E-state index in [-0.39, 0.29) is 11.5 Å². The van der Waals surface area contributed by atoms with Gasteiger partial charge in [0.05, 0.1) is 11.6 Å². The van der Waals surface area contributed by atoms with Crippen LogP contribution in [0.15, 0.2) is 47.4 Å². The van der Waals surface area contributed by atoms with E-state index in [2.05, 4.69) is 5.32 Å². The van der Waals surface area contributed by atoms with Crippen molar-refractivity contribution >= 4 is 17.5 Å². The number of nitrogens with zero attached hydrogens (tertiary/aromatic N) is 1. The van der Waals surface area contributed by atoms with Gasteiger partial charge in [-0.3, -0.25) is 9.59 Å². The number of aryl methyl sites for hydroxylation is 1. The van der Waals surface area contributed by atoms with E-state index in [1.807, 2.05) is 13.0 Å². The fraction of sp³-hybridized carbons (Fsp3) is 0.294. The number of pyridine rings is 1. The molecular formula is C17H19ClN2O3. The number of amides is 1. The Labute approximate surface area is 139 Å². The Morgan fingerprint density at radius 3 is 2.91 bits per heavy atom. The number of carbonyl (C=O) groups excluding carboxylic acids is 1. The zero-order chi connectivity index (χ0) is 16.7. The van der Waals surface area contributed by atoms with Gasteiger partial charge in [0, 0.05) is 30.9 Å². The van der Waals surface area contributed by atoms with Crippen molar-refractivity contribution in [2.24, 2.45) is 0 Å². The predicted octanol–water partition coefficient (Wildman–Crippen LogP) is 2.72. The molecule has 0 saturated carbocycles. The van der Waals surface area contributed by atoms with Crippen molar-refractivity contribution in [3.8, 4) is 5.75 Å². The van der Waals surface area contributed by atoms with Crippen LogP contribution in [0.5, 0.6) is 5.75 Å². The van der Waals surface area contributed by atoms with Crippen LogP contribution >= 0.6 is 11.6 Å². The van der Waals surface area contributed by atoms with Gasteiger partial charge in [-0.1, -0.05) is 17.7 Å². The summed E-state index contributed by atoms with van der Waals surface area (Å²) in [4.78, 5) is 23.7. The van der Waals surface area contributed by atoms with Crippen LogP contribution in [0.2, 0.25) is 5.02 Å². The molecule has 1 N–H and O–H groups in total. The molecule has 6 heteroatoms. The van der Waals surface area contributed by atoms with Crippen molar-refractivity contribution in [3.63, 3.8) is 0 Å². The van der Waals surface area contributed by atoms with Gasteiger partial charge >= 0.3 is 0 Å². The molecule has 2 rings (SSSR count). The number of aromatic nitrogens is 1. The van der Waals surface area contributed by atoms with Crippen molar-refractivity contribution in [2.75, 3.05) is 13.2 Å². The summed E-state index contributed by atoms with van der Waals surface area (Å²) in [6.07, 6.45) is 2.23. The molecule has 0 atom stereocenters. The summed E-state index contributed by atoms with van der Waals surface area (Å²) in [6, 6.07) is 10.0. The highest BCUT2D eigenvalue weighted by Gasteiger charge is 2.06. The second-order valence-electron chi connectivity index (χ2n) is 4.95. The zero-order valence-corrected chi connectivity index (χ0v) is 13.7. The topological polar surface area (TPSA) is 60.3 Å². The van der Waals surface area contributed by atoms with Crippen LogP contribution in [-0.2, 0) is 6.54 Å². The maximum absolute atomic E-state index is 12.1. The summed E-state index contributed by atoms with van der Waals surface area (Å²) in [6.45, 7) is 3.42. The molecule has 0 aliphatic carbocycles. The number of nitrogens with one attached hydrogen (secondary N) is 1. The van der Waals surface area contributed by atoms with Crippen LogP contribution in [0.3, 0.4) is 0 Å². The molecule has 0 saturated heterocycles. The van der Waals surface area contributed by atoms with Crippen LogP contribution in [0, 0.1) is 0 Å². The minimum atomic E-state index is -0.162. The Balaban J connectivity index is 1.84. The summed E-state index contributed by atoms with van der Waals surface area (Å²) < 4.78 is 6.91. The van der Waals surface area contributed by atoms with Gasteiger partial charge in [0.2, 0.25) is 0 Å². The lowest BCUT2D eigenvalue weighted by molar-refractivity contribution is 0.0952. The third kappa shape index (κ3) is 5.14. The smallest absolute Gasteiger partial charge is 0.251 e. The highest BCUT2D eigenvalue weighted by molar-refractivity contribution is 6.30. The molecule has 1 amide bonds. The molecule has 0 fully saturated rings. The summed E-state index contributed by atoms with van der Waals surface area (Å²) in [7, 11) is 0. The maximum atomic E-state index is 12.1. The Bertz CT molecular complexity index is 728. The molecule has 0 unspecified atom stereocenters. The van der Waals surface area contributed by atoms with Gasteiger partial charge in [-0.25, -0.2) is 0 Å². The predicted molar refractivity (Wildman–Crippen MR) is 90.3 cm³/mol. The van der Waals surface area contributed by atoms with E-state index in [1.165, 1.54) is 10.6 Å². The van der Waals surface area contributed by atoms with E-state index in [1.54, 1.807) is 30.5 Å². The van der Waals surface area contributed by atoms with E-state index in [9.17, 15) is 9.59 Å². The fourth-order valence-corrected chi connectivity index (χ4v) is 2.30. The van der Waals surface area contributed by atoms with Crippen molar-refractivity contribution in [3.05, 3.63) is 63.5 Å². The van der Waals surface area contributed by atoms with Crippen LogP contribution in [0.1, 0.15) is 23.7 Å². The number of benzene rings is 1. The van der Waals surface area contributed by atoms with E-state index in [0.29, 0.717) is 42.5 Å². The standard InChI is InChI=1S/C17H19ClN2O3/c1-2-23-15-6-3-5-13(11-15)17(22)19-9-4-10-20-12-14(18)7-8-16(20)21/h3,5-8,11-12H,2,4,9-10H2,1H3,(H,19,22). The van der Waals surface area contributed by atoms with Crippen LogP contribution < -0.4 is 15.6 Å². The molecule has 0 aliphatic heterocycles. The second kappa shape index (κ2) is 8.39. The Morgan fingerprint density at radius 2 is 2.13 bits per heavy atom. The van der Waals surface area contributed by atoms with Gasteiger partial charge in [0.1, 0.15) is 5.75 Å². The number of halogens is 1. The lowest BCUT2D eigenvalue weighted by Crippen LogP contribution is -2.26. The monoisotopic (exact) mass is 334 g/mol. The molecular weight excluding hydrogens is 316 g/mol. The molecule has 0 radical (unpaired) electrons. The first-order chi connectivity index (χ1) is 11.1. The fourth-order valence-electron chi connectivity index (χ4n) is 2.12. The molecule has 0 aliphatic rings. The second-order valence-corrected chi connectivity index (χ2v) is 5.39. The number of carbonyl (C=O) groups is 1. The van der Waals surface area contributed by atoms with Crippen molar-refractivity contribution in [2.45, 2.75) is 19.9 Å². The minimum Gasteiger partial charge on any atom is -0.494 e. The first-order valence-corrected chi connectivity index (χ1v) is 7.85. The van der Waals surface area contributed by atoms with Crippen molar-refractivity contribution < 1.29 is 9.53 Å². The van der Waals surface area contributed by atoms with E-state index >= 15 is 0 Å². The maximum Gasteiger partial charge on any atom is 0.251 e. The highest BCUT2D eigenvalue weighted by atomic mass is 35.5. The Hall–Kier alpha value is -2.27. The highest BCUT2D eigenvalue weighted by Crippen LogP contribution is 2.13. The lowest BCUT2D eigenvalue weighted by Gasteiger charge is -2.09. The van der Waals surface area contributed by atoms with Gasteiger partial charge in [0.15, 0.2) is 0 Å². The van der Waals surface area contributed by atoms with E-state index in [4.69, 9.17) is 16.3 Å². The van der Waals surface area contributed by atoms with Gasteiger partial charge in [-0.2, -0.15) is 0 Å². The molecule has 0 bridgehead atoms. The first-order valence-electron chi connectivity index (χ1n) is 7.47. The Kier molecular flexibility index (Phi) is 6.23. The molecule has 122 valence electrons. The largest absolute Gasteiger partial charge is 0.494 e. The number of hydrogen-bond donors (Lipinski definition) is 1. The van der Waals surface area contributed by atoms with E-state index < -0.39 is 0 Å². The van der Waals surface area contributed by atoms with Gasteiger partial charge in [-0.15, -0.1) is 0 Å². The zero-order valence-electron chi connectivity index (χ0n) is 12.9. The van der Waals surface area contributed by atoms with Crippen LogP contribution in [-0.4, -0.2) is 23.6 Å². The molecule has 0 spiro atoms. The average molecular weight is 335 g/mol. The van der Waals surface area contributed by atoms with Crippen LogP contribution in [0.4, 0.5) is 0 Å². The number of ether oxygens (including phenoxy) is 1. The summed E-state index contributed by atoms with van der Waals surface area (Å²) in [5, 5.41) is 3.34. The molecule has 1 heterocycles. The number of rotatable bonds is 7. The molecule has 2 aromatic rings. The van der Waals surface area contributed by atoms with Gasteiger partial charge in [-0.05, 0) is 37.6 Å². The number of hydrogen-bond acceptors (Lipinski definition) is 3.